The summed E-state index contributed by atoms with van der Waals surface area (Å²) in [7, 11) is 0. The zero-order chi connectivity index (χ0) is 13.2. The summed E-state index contributed by atoms with van der Waals surface area (Å²) in [5.74, 6) is -6.86. The lowest BCUT2D eigenvalue weighted by molar-refractivity contribution is 0.0470. The summed E-state index contributed by atoms with van der Waals surface area (Å²) in [5, 5.41) is 10.2. The third kappa shape index (κ3) is 1.37. The topological polar surface area (TPSA) is 20.2 Å². The van der Waals surface area contributed by atoms with E-state index in [2.05, 4.69) is 0 Å². The molecule has 0 aliphatic heterocycles. The van der Waals surface area contributed by atoms with E-state index in [0.717, 1.165) is 0 Å². The summed E-state index contributed by atoms with van der Waals surface area (Å²) >= 11 is 0. The molecule has 2 aliphatic carbocycles. The lowest BCUT2D eigenvalue weighted by Gasteiger charge is -2.29. The van der Waals surface area contributed by atoms with Crippen LogP contribution in [-0.4, -0.2) is 10.7 Å². The first-order valence-electron chi connectivity index (χ1n) is 5.90. The van der Waals surface area contributed by atoms with Crippen LogP contribution in [0.1, 0.15) is 36.8 Å². The highest BCUT2D eigenvalue weighted by Crippen LogP contribution is 2.53. The fourth-order valence-corrected chi connectivity index (χ4v) is 3.53. The van der Waals surface area contributed by atoms with Crippen LogP contribution in [0.15, 0.2) is 0 Å². The maximum absolute atomic E-state index is 13.8. The summed E-state index contributed by atoms with van der Waals surface area (Å²) in [5.41, 5.74) is -1.47. The van der Waals surface area contributed by atoms with Crippen LogP contribution in [0.2, 0.25) is 0 Å². The van der Waals surface area contributed by atoms with Crippen molar-refractivity contribution < 1.29 is 22.7 Å². The molecule has 0 spiro atoms. The molecular weight excluding hydrogens is 248 g/mol. The van der Waals surface area contributed by atoms with Crippen molar-refractivity contribution in [1.29, 1.82) is 0 Å². The van der Waals surface area contributed by atoms with Crippen LogP contribution >= 0.6 is 0 Å². The Hall–Kier alpha value is -1.10. The highest BCUT2D eigenvalue weighted by molar-refractivity contribution is 5.41. The normalized spacial score (nSPS) is 33.7. The van der Waals surface area contributed by atoms with Crippen LogP contribution in [0.3, 0.4) is 0 Å². The molecule has 0 aromatic heterocycles. The van der Waals surface area contributed by atoms with E-state index < -0.39 is 34.8 Å². The summed E-state index contributed by atoms with van der Waals surface area (Å²) in [4.78, 5) is 0. The molecule has 5 heteroatoms. The molecule has 0 saturated heterocycles. The van der Waals surface area contributed by atoms with Gasteiger partial charge in [0.25, 0.3) is 0 Å². The molecule has 18 heavy (non-hydrogen) atoms. The Morgan fingerprint density at radius 3 is 2.33 bits per heavy atom. The van der Waals surface area contributed by atoms with E-state index in [0.29, 0.717) is 12.8 Å². The van der Waals surface area contributed by atoms with Crippen LogP contribution in [0, 0.1) is 29.2 Å². The van der Waals surface area contributed by atoms with Gasteiger partial charge in [0.15, 0.2) is 23.3 Å². The third-order valence-electron chi connectivity index (χ3n) is 4.27. The first kappa shape index (κ1) is 12.0. The van der Waals surface area contributed by atoms with Crippen molar-refractivity contribution >= 4 is 0 Å². The van der Waals surface area contributed by atoms with Crippen molar-refractivity contribution in [3.63, 3.8) is 0 Å². The zero-order valence-corrected chi connectivity index (χ0v) is 9.74. The Balaban J connectivity index is 2.29. The van der Waals surface area contributed by atoms with Crippen LogP contribution in [0.5, 0.6) is 0 Å². The van der Waals surface area contributed by atoms with Gasteiger partial charge in [0, 0.05) is 11.5 Å². The van der Waals surface area contributed by atoms with Crippen LogP contribution in [0.25, 0.3) is 0 Å². The maximum atomic E-state index is 13.8. The van der Waals surface area contributed by atoms with Crippen molar-refractivity contribution in [3.8, 4) is 0 Å². The molecule has 1 nitrogen and oxygen atoms in total. The van der Waals surface area contributed by atoms with Crippen LogP contribution in [0.4, 0.5) is 17.6 Å². The van der Waals surface area contributed by atoms with Crippen molar-refractivity contribution in [2.75, 3.05) is 0 Å². The molecule has 1 aromatic rings. The average molecular weight is 260 g/mol. The Bertz CT molecular complexity index is 539. The molecule has 3 atom stereocenters. The molecule has 0 radical (unpaired) electrons. The van der Waals surface area contributed by atoms with E-state index in [1.807, 2.05) is 0 Å². The molecule has 2 bridgehead atoms. The van der Waals surface area contributed by atoms with Gasteiger partial charge in [-0.15, -0.1) is 0 Å². The highest BCUT2D eigenvalue weighted by Gasteiger charge is 2.50. The molecule has 0 heterocycles. The van der Waals surface area contributed by atoms with Gasteiger partial charge in [-0.1, -0.05) is 0 Å². The number of halogens is 4. The molecule has 0 unspecified atom stereocenters. The Morgan fingerprint density at radius 1 is 1.06 bits per heavy atom. The second-order valence-electron chi connectivity index (χ2n) is 5.57. The summed E-state index contributed by atoms with van der Waals surface area (Å²) in [6, 6.07) is 0. The van der Waals surface area contributed by atoms with Crippen molar-refractivity contribution in [2.45, 2.75) is 37.7 Å². The predicted molar refractivity (Wildman–Crippen MR) is 56.1 cm³/mol. The monoisotopic (exact) mass is 260 g/mol. The summed E-state index contributed by atoms with van der Waals surface area (Å²) < 4.78 is 54.0. The lowest BCUT2D eigenvalue weighted by Crippen LogP contribution is -2.29. The second kappa shape index (κ2) is 3.47. The third-order valence-corrected chi connectivity index (χ3v) is 4.27. The SMILES string of the molecule is C[C@@]1(O)C[C@@H]2Cc3c(F)c(F)c(F)c(F)c3[C@H]1C2. The molecule has 1 fully saturated rings. The van der Waals surface area contributed by atoms with Gasteiger partial charge in [-0.05, 0) is 37.7 Å². The van der Waals surface area contributed by atoms with E-state index in [-0.39, 0.29) is 23.5 Å². The zero-order valence-electron chi connectivity index (χ0n) is 9.74. The van der Waals surface area contributed by atoms with Crippen molar-refractivity contribution in [3.05, 3.63) is 34.4 Å². The number of aliphatic hydroxyl groups is 1. The van der Waals surface area contributed by atoms with Gasteiger partial charge in [0.2, 0.25) is 0 Å². The number of hydrogen-bond donors (Lipinski definition) is 1. The van der Waals surface area contributed by atoms with Gasteiger partial charge in [-0.3, -0.25) is 0 Å². The lowest BCUT2D eigenvalue weighted by atomic mass is 9.79. The van der Waals surface area contributed by atoms with E-state index >= 15 is 0 Å². The summed E-state index contributed by atoms with van der Waals surface area (Å²) in [6.45, 7) is 1.53. The predicted octanol–water partition coefficient (Wildman–Crippen LogP) is 3.04. The standard InChI is InChI=1S/C13H12F4O/c1-13(18)4-5-2-6-8(7(13)3-5)10(15)12(17)11(16)9(6)14/h5,7,18H,2-4H2,1H3/t5-,7-,13-/m1/s1. The Labute approximate surface area is 101 Å². The quantitative estimate of drug-likeness (QED) is 0.432. The largest absolute Gasteiger partial charge is 0.390 e. The Kier molecular flexibility index (Phi) is 2.31. The number of benzene rings is 1. The van der Waals surface area contributed by atoms with Gasteiger partial charge in [0.05, 0.1) is 5.60 Å². The maximum Gasteiger partial charge on any atom is 0.197 e. The first-order valence-corrected chi connectivity index (χ1v) is 5.90. The minimum absolute atomic E-state index is 0.00346. The molecule has 1 saturated carbocycles. The fourth-order valence-electron chi connectivity index (χ4n) is 3.53. The minimum Gasteiger partial charge on any atom is -0.390 e. The van der Waals surface area contributed by atoms with Crippen LogP contribution < -0.4 is 0 Å². The fraction of sp³-hybridized carbons (Fsp3) is 0.538. The van der Waals surface area contributed by atoms with Gasteiger partial charge in [0.1, 0.15) is 0 Å². The highest BCUT2D eigenvalue weighted by atomic mass is 19.2. The molecule has 98 valence electrons. The first-order chi connectivity index (χ1) is 8.33. The van der Waals surface area contributed by atoms with Crippen molar-refractivity contribution in [1.82, 2.24) is 0 Å². The van der Waals surface area contributed by atoms with Gasteiger partial charge >= 0.3 is 0 Å². The number of hydrogen-bond acceptors (Lipinski definition) is 1. The Morgan fingerprint density at radius 2 is 1.67 bits per heavy atom. The number of fused-ring (bicyclic) bond motifs is 4. The molecule has 1 N–H and O–H groups in total. The van der Waals surface area contributed by atoms with E-state index in [4.69, 9.17) is 0 Å². The van der Waals surface area contributed by atoms with Gasteiger partial charge < -0.3 is 5.11 Å². The van der Waals surface area contributed by atoms with Gasteiger partial charge in [-0.2, -0.15) is 0 Å². The minimum atomic E-state index is -1.78. The number of rotatable bonds is 0. The smallest absolute Gasteiger partial charge is 0.197 e. The van der Waals surface area contributed by atoms with E-state index in [1.165, 1.54) is 6.92 Å². The molecule has 2 aliphatic rings. The van der Waals surface area contributed by atoms with Gasteiger partial charge in [-0.25, -0.2) is 17.6 Å². The van der Waals surface area contributed by atoms with E-state index in [1.54, 1.807) is 0 Å². The van der Waals surface area contributed by atoms with Crippen molar-refractivity contribution in [2.24, 2.45) is 5.92 Å². The molecular formula is C13H12F4O. The molecule has 1 aromatic carbocycles. The second-order valence-corrected chi connectivity index (χ2v) is 5.57. The summed E-state index contributed by atoms with van der Waals surface area (Å²) in [6.07, 6.45) is 1.04. The molecule has 0 amide bonds. The van der Waals surface area contributed by atoms with E-state index in [9.17, 15) is 22.7 Å². The average Bonchev–Trinajstić information content (AvgIpc) is 2.54. The molecule has 3 rings (SSSR count). The van der Waals surface area contributed by atoms with Crippen LogP contribution in [-0.2, 0) is 6.42 Å².